The molecule has 0 atom stereocenters. The molecule has 3 amide bonds. The molecule has 2 aliphatic rings. The molecule has 5 rings (SSSR count). The fourth-order valence-corrected chi connectivity index (χ4v) is 5.65. The number of rotatable bonds is 5. The normalized spacial score (nSPS) is 17.2. The molecule has 3 aromatic carbocycles. The number of amides is 3. The molecule has 2 fully saturated rings. The van der Waals surface area contributed by atoms with Gasteiger partial charge in [0.1, 0.15) is 0 Å². The van der Waals surface area contributed by atoms with Gasteiger partial charge in [0, 0.05) is 42.5 Å². The first-order chi connectivity index (χ1) is 19.1. The molecular weight excluding hydrogens is 563 g/mol. The van der Waals surface area contributed by atoms with E-state index in [9.17, 15) is 27.6 Å². The van der Waals surface area contributed by atoms with Gasteiger partial charge in [-0.3, -0.25) is 19.3 Å². The van der Waals surface area contributed by atoms with Crippen molar-refractivity contribution in [3.8, 4) is 0 Å². The van der Waals surface area contributed by atoms with E-state index in [0.717, 1.165) is 34.4 Å². The summed E-state index contributed by atoms with van der Waals surface area (Å²) in [5, 5.41) is 0.126. The second-order valence-electron chi connectivity index (χ2n) is 9.35. The van der Waals surface area contributed by atoms with Gasteiger partial charge in [-0.2, -0.15) is 13.2 Å². The molecule has 0 aliphatic carbocycles. The molecule has 0 aromatic heterocycles. The smallest absolute Gasteiger partial charge is 0.368 e. The summed E-state index contributed by atoms with van der Waals surface area (Å²) in [6.45, 7) is 1.59. The molecule has 11 heteroatoms. The van der Waals surface area contributed by atoms with Crippen LogP contribution in [0.2, 0.25) is 5.02 Å². The van der Waals surface area contributed by atoms with Gasteiger partial charge in [-0.15, -0.1) is 0 Å². The number of carbonyl (C=O) groups excluding carboxylic acids is 3. The Morgan fingerprint density at radius 2 is 1.65 bits per heavy atom. The highest BCUT2D eigenvalue weighted by molar-refractivity contribution is 8.18. The van der Waals surface area contributed by atoms with Crippen LogP contribution in [0, 0.1) is 0 Å². The van der Waals surface area contributed by atoms with Gasteiger partial charge in [-0.05, 0) is 71.4 Å². The number of carbonyl (C=O) groups is 3. The molecule has 0 saturated carbocycles. The lowest BCUT2D eigenvalue weighted by Crippen LogP contribution is -2.48. The van der Waals surface area contributed by atoms with E-state index in [1.807, 2.05) is 4.90 Å². The van der Waals surface area contributed by atoms with Crippen molar-refractivity contribution in [3.05, 3.63) is 105 Å². The maximum Gasteiger partial charge on any atom is 0.416 e. The lowest BCUT2D eigenvalue weighted by atomic mass is 10.1. The van der Waals surface area contributed by atoms with E-state index in [2.05, 4.69) is 0 Å². The zero-order valence-corrected chi connectivity index (χ0v) is 22.6. The van der Waals surface area contributed by atoms with Crippen LogP contribution < -0.4 is 4.90 Å². The number of anilines is 1. The minimum atomic E-state index is -4.42. The number of piperazine rings is 1. The molecule has 0 N–H and O–H groups in total. The molecule has 2 aliphatic heterocycles. The van der Waals surface area contributed by atoms with Crippen LogP contribution in [-0.2, 0) is 17.5 Å². The molecule has 3 aromatic rings. The third kappa shape index (κ3) is 6.18. The van der Waals surface area contributed by atoms with Crippen LogP contribution in [-0.4, -0.2) is 53.0 Å². The quantitative estimate of drug-likeness (QED) is 0.318. The standard InChI is InChI=1S/C29H23ClF3N3O3S/c30-23-8-2-5-20(15-23)18-36-27(38)25(40-28(36)39)16-19-4-1-6-21(14-19)26(37)35-12-10-34(11-13-35)24-9-3-7-22(17-24)29(31,32)33/h1-9,14-17H,10-13,18H2/b25-16-. The van der Waals surface area contributed by atoms with Gasteiger partial charge in [-0.1, -0.05) is 41.9 Å². The third-order valence-corrected chi connectivity index (χ3v) is 7.78. The van der Waals surface area contributed by atoms with Crippen molar-refractivity contribution in [3.63, 3.8) is 0 Å². The molecule has 2 heterocycles. The molecule has 0 radical (unpaired) electrons. The zero-order valence-electron chi connectivity index (χ0n) is 21.0. The molecule has 0 unspecified atom stereocenters. The molecule has 206 valence electrons. The predicted octanol–water partition coefficient (Wildman–Crippen LogP) is 6.56. The molecule has 2 saturated heterocycles. The topological polar surface area (TPSA) is 60.9 Å². The van der Waals surface area contributed by atoms with Crippen molar-refractivity contribution < 1.29 is 27.6 Å². The SMILES string of the molecule is O=C(c1cccc(/C=C2\SC(=O)N(Cc3cccc(Cl)c3)C2=O)c1)N1CCN(c2cccc(C(F)(F)F)c2)CC1. The van der Waals surface area contributed by atoms with Crippen molar-refractivity contribution in [2.24, 2.45) is 0 Å². The van der Waals surface area contributed by atoms with Crippen molar-refractivity contribution >= 4 is 52.2 Å². The van der Waals surface area contributed by atoms with Crippen molar-refractivity contribution in [1.29, 1.82) is 0 Å². The minimum Gasteiger partial charge on any atom is -0.368 e. The fraction of sp³-hybridized carbons (Fsp3) is 0.207. The average Bonchev–Trinajstić information content (AvgIpc) is 3.19. The third-order valence-electron chi connectivity index (χ3n) is 6.64. The average molecular weight is 586 g/mol. The van der Waals surface area contributed by atoms with Gasteiger partial charge in [0.15, 0.2) is 0 Å². The number of hydrogen-bond acceptors (Lipinski definition) is 5. The monoisotopic (exact) mass is 585 g/mol. The molecule has 40 heavy (non-hydrogen) atoms. The lowest BCUT2D eigenvalue weighted by Gasteiger charge is -2.36. The summed E-state index contributed by atoms with van der Waals surface area (Å²) in [7, 11) is 0. The van der Waals surface area contributed by atoms with Gasteiger partial charge < -0.3 is 9.80 Å². The van der Waals surface area contributed by atoms with E-state index in [1.165, 1.54) is 6.07 Å². The van der Waals surface area contributed by atoms with Crippen molar-refractivity contribution in [2.45, 2.75) is 12.7 Å². The predicted molar refractivity (Wildman–Crippen MR) is 149 cm³/mol. The number of benzene rings is 3. The first-order valence-corrected chi connectivity index (χ1v) is 13.6. The van der Waals surface area contributed by atoms with Gasteiger partial charge in [0.2, 0.25) is 0 Å². The van der Waals surface area contributed by atoms with E-state index in [1.54, 1.807) is 65.6 Å². The number of thioether (sulfide) groups is 1. The Morgan fingerprint density at radius 3 is 2.38 bits per heavy atom. The van der Waals surface area contributed by atoms with Crippen LogP contribution in [0.3, 0.4) is 0 Å². The molecular formula is C29H23ClF3N3O3S. The Bertz CT molecular complexity index is 1500. The van der Waals surface area contributed by atoms with Crippen LogP contribution in [0.4, 0.5) is 23.7 Å². The number of imide groups is 1. The second-order valence-corrected chi connectivity index (χ2v) is 10.8. The van der Waals surface area contributed by atoms with E-state index < -0.39 is 17.6 Å². The molecule has 0 spiro atoms. The number of hydrogen-bond donors (Lipinski definition) is 0. The van der Waals surface area contributed by atoms with Crippen LogP contribution in [0.5, 0.6) is 0 Å². The number of alkyl halides is 3. The van der Waals surface area contributed by atoms with E-state index in [-0.39, 0.29) is 22.6 Å². The molecule has 6 nitrogen and oxygen atoms in total. The second kappa shape index (κ2) is 11.4. The van der Waals surface area contributed by atoms with E-state index in [4.69, 9.17) is 11.6 Å². The summed E-state index contributed by atoms with van der Waals surface area (Å²) >= 11 is 6.85. The summed E-state index contributed by atoms with van der Waals surface area (Å²) in [6, 6.07) is 18.9. The summed E-state index contributed by atoms with van der Waals surface area (Å²) < 4.78 is 39.3. The maximum atomic E-state index is 13.2. The van der Waals surface area contributed by atoms with Crippen LogP contribution in [0.25, 0.3) is 6.08 Å². The van der Waals surface area contributed by atoms with Crippen molar-refractivity contribution in [1.82, 2.24) is 9.80 Å². The Kier molecular flexibility index (Phi) is 7.91. The summed E-state index contributed by atoms with van der Waals surface area (Å²) in [5.74, 6) is -0.634. The zero-order chi connectivity index (χ0) is 28.4. The van der Waals surface area contributed by atoms with Gasteiger partial charge in [-0.25, -0.2) is 0 Å². The number of nitrogens with zero attached hydrogens (tertiary/aromatic N) is 3. The van der Waals surface area contributed by atoms with E-state index >= 15 is 0 Å². The van der Waals surface area contributed by atoms with E-state index in [0.29, 0.717) is 48.0 Å². The molecule has 0 bridgehead atoms. The Morgan fingerprint density at radius 1 is 0.925 bits per heavy atom. The highest BCUT2D eigenvalue weighted by atomic mass is 35.5. The van der Waals surface area contributed by atoms with Crippen LogP contribution in [0.15, 0.2) is 77.7 Å². The first kappa shape index (κ1) is 27.8. The summed E-state index contributed by atoms with van der Waals surface area (Å²) in [6.07, 6.45) is -2.83. The van der Waals surface area contributed by atoms with Crippen LogP contribution in [0.1, 0.15) is 27.0 Å². The Labute approximate surface area is 238 Å². The highest BCUT2D eigenvalue weighted by Crippen LogP contribution is 2.34. The maximum absolute atomic E-state index is 13.2. The Balaban J connectivity index is 1.24. The number of halogens is 4. The van der Waals surface area contributed by atoms with Crippen molar-refractivity contribution in [2.75, 3.05) is 31.1 Å². The Hall–Kier alpha value is -3.76. The largest absolute Gasteiger partial charge is 0.416 e. The summed E-state index contributed by atoms with van der Waals surface area (Å²) in [5.41, 5.74) is 1.51. The fourth-order valence-electron chi connectivity index (χ4n) is 4.60. The van der Waals surface area contributed by atoms with Gasteiger partial charge >= 0.3 is 6.18 Å². The van der Waals surface area contributed by atoms with Gasteiger partial charge in [0.25, 0.3) is 17.1 Å². The van der Waals surface area contributed by atoms with Gasteiger partial charge in [0.05, 0.1) is 17.0 Å². The first-order valence-electron chi connectivity index (χ1n) is 12.4. The minimum absolute atomic E-state index is 0.105. The summed E-state index contributed by atoms with van der Waals surface area (Å²) in [4.78, 5) is 43.6. The highest BCUT2D eigenvalue weighted by Gasteiger charge is 2.35. The van der Waals surface area contributed by atoms with Crippen LogP contribution >= 0.6 is 23.4 Å². The lowest BCUT2D eigenvalue weighted by molar-refractivity contribution is -0.137.